The first-order valence-corrected chi connectivity index (χ1v) is 6.49. The minimum Gasteiger partial charge on any atom is -0.218 e. The van der Waals surface area contributed by atoms with Crippen molar-refractivity contribution in [2.45, 2.75) is 12.2 Å². The molecule has 14 heavy (non-hydrogen) atoms. The molecule has 0 aliphatic rings. The molecule has 0 aromatic heterocycles. The van der Waals surface area contributed by atoms with E-state index in [0.29, 0.717) is 0 Å². The predicted molar refractivity (Wildman–Crippen MR) is 60.5 cm³/mol. The lowest BCUT2D eigenvalue weighted by Crippen LogP contribution is -2.24. The minimum absolute atomic E-state index is 0.553. The highest BCUT2D eigenvalue weighted by Crippen LogP contribution is 2.27. The molecule has 0 spiro atoms. The first-order valence-electron chi connectivity index (χ1n) is 4.16. The topological polar surface area (TPSA) is 46.2 Å². The van der Waals surface area contributed by atoms with Crippen molar-refractivity contribution in [2.75, 3.05) is 7.05 Å². The van der Waals surface area contributed by atoms with Gasteiger partial charge in [-0.05, 0) is 25.6 Å². The maximum absolute atomic E-state index is 11.5. The fraction of sp³-hybridized carbons (Fsp3) is 0.333. The molecule has 0 radical (unpaired) electrons. The van der Waals surface area contributed by atoms with Crippen molar-refractivity contribution in [1.82, 2.24) is 4.72 Å². The third-order valence-electron chi connectivity index (χ3n) is 2.09. The van der Waals surface area contributed by atoms with Crippen molar-refractivity contribution >= 4 is 26.0 Å². The van der Waals surface area contributed by atoms with Crippen molar-refractivity contribution < 1.29 is 8.42 Å². The van der Waals surface area contributed by atoms with E-state index < -0.39 is 15.3 Å². The zero-order valence-corrected chi connectivity index (χ0v) is 10.4. The number of hydrogen-bond donors (Lipinski definition) is 1. The molecule has 0 heterocycles. The molecule has 5 heteroatoms. The van der Waals surface area contributed by atoms with E-state index in [1.165, 1.54) is 7.05 Å². The monoisotopic (exact) mass is 277 g/mol. The van der Waals surface area contributed by atoms with Gasteiger partial charge in [0, 0.05) is 4.47 Å². The van der Waals surface area contributed by atoms with Crippen molar-refractivity contribution in [3.8, 4) is 0 Å². The van der Waals surface area contributed by atoms with E-state index in [9.17, 15) is 8.42 Å². The van der Waals surface area contributed by atoms with Gasteiger partial charge in [0.05, 0.1) is 5.25 Å². The highest BCUT2D eigenvalue weighted by Gasteiger charge is 2.21. The number of sulfonamides is 1. The molecule has 1 unspecified atom stereocenters. The quantitative estimate of drug-likeness (QED) is 0.919. The van der Waals surface area contributed by atoms with Crippen molar-refractivity contribution in [1.29, 1.82) is 0 Å². The summed E-state index contributed by atoms with van der Waals surface area (Å²) < 4.78 is 26.2. The Balaban J connectivity index is 3.14. The Labute approximate surface area is 92.7 Å². The highest BCUT2D eigenvalue weighted by molar-refractivity contribution is 9.10. The summed E-state index contributed by atoms with van der Waals surface area (Å²) in [5, 5.41) is -0.553. The Kier molecular flexibility index (Phi) is 3.69. The Bertz CT molecular complexity index is 417. The number of nitrogens with one attached hydrogen (secondary N) is 1. The van der Waals surface area contributed by atoms with Crippen LogP contribution in [0.1, 0.15) is 17.7 Å². The normalized spacial score (nSPS) is 13.9. The zero-order valence-electron chi connectivity index (χ0n) is 7.99. The predicted octanol–water partition coefficient (Wildman–Crippen LogP) is 2.06. The second-order valence-corrected chi connectivity index (χ2v) is 5.97. The molecule has 0 saturated carbocycles. The van der Waals surface area contributed by atoms with Crippen LogP contribution in [0.15, 0.2) is 28.7 Å². The Morgan fingerprint density at radius 1 is 1.36 bits per heavy atom. The van der Waals surface area contributed by atoms with E-state index in [4.69, 9.17) is 0 Å². The molecule has 0 bridgehead atoms. The van der Waals surface area contributed by atoms with E-state index in [0.717, 1.165) is 10.0 Å². The van der Waals surface area contributed by atoms with Gasteiger partial charge in [0.25, 0.3) is 0 Å². The summed E-state index contributed by atoms with van der Waals surface area (Å²) in [4.78, 5) is 0. The smallest absolute Gasteiger partial charge is 0.218 e. The maximum atomic E-state index is 11.5. The second kappa shape index (κ2) is 4.42. The molecule has 1 atom stereocenters. The van der Waals surface area contributed by atoms with E-state index in [-0.39, 0.29) is 0 Å². The zero-order chi connectivity index (χ0) is 10.8. The molecular formula is C9H12BrNO2S. The van der Waals surface area contributed by atoms with Crippen molar-refractivity contribution in [3.05, 3.63) is 34.3 Å². The number of hydrogen-bond acceptors (Lipinski definition) is 2. The molecule has 0 aliphatic carbocycles. The summed E-state index contributed by atoms with van der Waals surface area (Å²) in [7, 11) is -1.83. The second-order valence-electron chi connectivity index (χ2n) is 2.91. The highest BCUT2D eigenvalue weighted by atomic mass is 79.9. The van der Waals surface area contributed by atoms with Gasteiger partial charge in [-0.3, -0.25) is 0 Å². The largest absolute Gasteiger partial charge is 0.218 e. The number of halogens is 1. The molecule has 1 N–H and O–H groups in total. The first-order chi connectivity index (χ1) is 6.49. The van der Waals surface area contributed by atoms with Gasteiger partial charge in [-0.1, -0.05) is 34.1 Å². The van der Waals surface area contributed by atoms with E-state index in [2.05, 4.69) is 20.7 Å². The molecule has 0 saturated heterocycles. The maximum Gasteiger partial charge on any atom is 0.218 e. The lowest BCUT2D eigenvalue weighted by Gasteiger charge is -2.13. The summed E-state index contributed by atoms with van der Waals surface area (Å²) in [5.74, 6) is 0. The average Bonchev–Trinajstić information content (AvgIpc) is 2.17. The SMILES string of the molecule is CNS(=O)(=O)C(C)c1ccccc1Br. The molecule has 0 fully saturated rings. The summed E-state index contributed by atoms with van der Waals surface area (Å²) >= 11 is 3.33. The molecule has 78 valence electrons. The number of benzene rings is 1. The van der Waals surface area contributed by atoms with Gasteiger partial charge < -0.3 is 0 Å². The van der Waals surface area contributed by atoms with Gasteiger partial charge >= 0.3 is 0 Å². The lowest BCUT2D eigenvalue weighted by atomic mass is 10.2. The molecule has 0 aliphatic heterocycles. The molecule has 1 rings (SSSR count). The average molecular weight is 278 g/mol. The molecule has 1 aromatic rings. The lowest BCUT2D eigenvalue weighted by molar-refractivity contribution is 0.578. The summed E-state index contributed by atoms with van der Waals surface area (Å²) in [6.45, 7) is 1.66. The van der Waals surface area contributed by atoms with Crippen LogP contribution >= 0.6 is 15.9 Å². The van der Waals surface area contributed by atoms with Crippen LogP contribution in [0, 0.1) is 0 Å². The van der Waals surface area contributed by atoms with Gasteiger partial charge in [0.2, 0.25) is 10.0 Å². The minimum atomic E-state index is -3.25. The van der Waals surface area contributed by atoms with Gasteiger partial charge in [-0.15, -0.1) is 0 Å². The van der Waals surface area contributed by atoms with Crippen LogP contribution in [0.3, 0.4) is 0 Å². The Hall–Kier alpha value is -0.390. The first kappa shape index (κ1) is 11.7. The van der Waals surface area contributed by atoms with E-state index >= 15 is 0 Å². The summed E-state index contributed by atoms with van der Waals surface area (Å²) in [6.07, 6.45) is 0. The fourth-order valence-electron chi connectivity index (χ4n) is 1.15. The fourth-order valence-corrected chi connectivity index (χ4v) is 2.82. The van der Waals surface area contributed by atoms with Gasteiger partial charge in [0.15, 0.2) is 0 Å². The molecule has 1 aromatic carbocycles. The third-order valence-corrected chi connectivity index (χ3v) is 4.57. The molecule has 3 nitrogen and oxygen atoms in total. The van der Waals surface area contributed by atoms with Gasteiger partial charge in [-0.25, -0.2) is 13.1 Å². The third kappa shape index (κ3) is 2.34. The summed E-state index contributed by atoms with van der Waals surface area (Å²) in [5.41, 5.74) is 0.766. The van der Waals surface area contributed by atoms with Crippen molar-refractivity contribution in [3.63, 3.8) is 0 Å². The van der Waals surface area contributed by atoms with Crippen LogP contribution in [0.5, 0.6) is 0 Å². The van der Waals surface area contributed by atoms with E-state index in [1.807, 2.05) is 18.2 Å². The van der Waals surface area contributed by atoms with Crippen LogP contribution in [0.2, 0.25) is 0 Å². The van der Waals surface area contributed by atoms with E-state index in [1.54, 1.807) is 13.0 Å². The Morgan fingerprint density at radius 3 is 2.43 bits per heavy atom. The molecular weight excluding hydrogens is 266 g/mol. The van der Waals surface area contributed by atoms with Crippen LogP contribution in [0.4, 0.5) is 0 Å². The number of rotatable bonds is 3. The Morgan fingerprint density at radius 2 is 1.93 bits per heavy atom. The molecule has 0 amide bonds. The summed E-state index contributed by atoms with van der Waals surface area (Å²) in [6, 6.07) is 7.30. The standard InChI is InChI=1S/C9H12BrNO2S/c1-7(14(12,13)11-2)8-5-3-4-6-9(8)10/h3-7,11H,1-2H3. The van der Waals surface area contributed by atoms with Crippen LogP contribution in [-0.2, 0) is 10.0 Å². The van der Waals surface area contributed by atoms with Gasteiger partial charge in [0.1, 0.15) is 0 Å². The van der Waals surface area contributed by atoms with Crippen molar-refractivity contribution in [2.24, 2.45) is 0 Å². The van der Waals surface area contributed by atoms with Gasteiger partial charge in [-0.2, -0.15) is 0 Å². The van der Waals surface area contributed by atoms with Crippen LogP contribution in [-0.4, -0.2) is 15.5 Å². The van der Waals surface area contributed by atoms with Crippen LogP contribution < -0.4 is 4.72 Å². The van der Waals surface area contributed by atoms with Crippen LogP contribution in [0.25, 0.3) is 0 Å².